The van der Waals surface area contributed by atoms with E-state index in [1.807, 2.05) is 6.07 Å². The minimum absolute atomic E-state index is 0.536. The SMILES string of the molecule is CCCc1nc(N)cc(SC2COC2)n1. The normalized spacial score (nSPS) is 16.3. The van der Waals surface area contributed by atoms with Crippen LogP contribution in [0.15, 0.2) is 11.1 Å². The monoisotopic (exact) mass is 225 g/mol. The quantitative estimate of drug-likeness (QED) is 0.787. The van der Waals surface area contributed by atoms with Crippen molar-refractivity contribution in [2.24, 2.45) is 0 Å². The van der Waals surface area contributed by atoms with Crippen LogP contribution in [0.25, 0.3) is 0 Å². The average molecular weight is 225 g/mol. The number of hydrogen-bond donors (Lipinski definition) is 1. The summed E-state index contributed by atoms with van der Waals surface area (Å²) in [6, 6.07) is 1.84. The van der Waals surface area contributed by atoms with Crippen LogP contribution in [0.2, 0.25) is 0 Å². The van der Waals surface area contributed by atoms with Crippen LogP contribution in [-0.2, 0) is 11.2 Å². The second-order valence-electron chi connectivity index (χ2n) is 3.57. The zero-order valence-electron chi connectivity index (χ0n) is 8.77. The van der Waals surface area contributed by atoms with E-state index in [2.05, 4.69) is 16.9 Å². The Kier molecular flexibility index (Phi) is 3.43. The molecule has 0 spiro atoms. The van der Waals surface area contributed by atoms with E-state index in [1.165, 1.54) is 0 Å². The summed E-state index contributed by atoms with van der Waals surface area (Å²) < 4.78 is 5.12. The Hall–Kier alpha value is -0.810. The first kappa shape index (κ1) is 10.7. The zero-order valence-corrected chi connectivity index (χ0v) is 9.59. The van der Waals surface area contributed by atoms with Gasteiger partial charge in [0.05, 0.1) is 18.5 Å². The molecule has 0 bridgehead atoms. The van der Waals surface area contributed by atoms with Crippen molar-refractivity contribution in [3.05, 3.63) is 11.9 Å². The molecule has 2 heterocycles. The molecular weight excluding hydrogens is 210 g/mol. The van der Waals surface area contributed by atoms with Gasteiger partial charge in [-0.3, -0.25) is 0 Å². The number of ether oxygens (including phenoxy) is 1. The second kappa shape index (κ2) is 4.81. The lowest BCUT2D eigenvalue weighted by molar-refractivity contribution is 0.0454. The van der Waals surface area contributed by atoms with Gasteiger partial charge in [0.15, 0.2) is 0 Å². The fourth-order valence-electron chi connectivity index (χ4n) is 1.34. The summed E-state index contributed by atoms with van der Waals surface area (Å²) in [4.78, 5) is 8.66. The molecule has 0 aromatic carbocycles. The van der Waals surface area contributed by atoms with Gasteiger partial charge < -0.3 is 10.5 Å². The van der Waals surface area contributed by atoms with E-state index in [4.69, 9.17) is 10.5 Å². The van der Waals surface area contributed by atoms with E-state index in [1.54, 1.807) is 11.8 Å². The van der Waals surface area contributed by atoms with Crippen LogP contribution < -0.4 is 5.73 Å². The van der Waals surface area contributed by atoms with Crippen molar-refractivity contribution in [3.63, 3.8) is 0 Å². The largest absolute Gasteiger partial charge is 0.384 e. The number of anilines is 1. The van der Waals surface area contributed by atoms with Crippen molar-refractivity contribution >= 4 is 17.6 Å². The van der Waals surface area contributed by atoms with Gasteiger partial charge in [-0.15, -0.1) is 0 Å². The maximum absolute atomic E-state index is 5.73. The van der Waals surface area contributed by atoms with Crippen LogP contribution >= 0.6 is 11.8 Å². The van der Waals surface area contributed by atoms with Gasteiger partial charge in [0.25, 0.3) is 0 Å². The number of nitrogens with two attached hydrogens (primary N) is 1. The number of thioether (sulfide) groups is 1. The molecule has 0 atom stereocenters. The van der Waals surface area contributed by atoms with Gasteiger partial charge in [0, 0.05) is 12.5 Å². The first-order valence-electron chi connectivity index (χ1n) is 5.15. The second-order valence-corrected chi connectivity index (χ2v) is 4.90. The van der Waals surface area contributed by atoms with Crippen LogP contribution in [0, 0.1) is 0 Å². The summed E-state index contributed by atoms with van der Waals surface area (Å²) in [7, 11) is 0. The summed E-state index contributed by atoms with van der Waals surface area (Å²) >= 11 is 1.73. The van der Waals surface area contributed by atoms with Gasteiger partial charge in [-0.25, -0.2) is 9.97 Å². The van der Waals surface area contributed by atoms with E-state index >= 15 is 0 Å². The molecule has 1 fully saturated rings. The molecule has 0 saturated carbocycles. The molecule has 0 radical (unpaired) electrons. The van der Waals surface area contributed by atoms with Crippen LogP contribution in [0.4, 0.5) is 5.82 Å². The van der Waals surface area contributed by atoms with Gasteiger partial charge >= 0.3 is 0 Å². The molecule has 15 heavy (non-hydrogen) atoms. The van der Waals surface area contributed by atoms with Crippen molar-refractivity contribution in [1.82, 2.24) is 9.97 Å². The Labute approximate surface area is 93.6 Å². The number of nitrogen functional groups attached to an aromatic ring is 1. The highest BCUT2D eigenvalue weighted by molar-refractivity contribution is 8.00. The molecular formula is C10H15N3OS. The number of rotatable bonds is 4. The number of aromatic nitrogens is 2. The van der Waals surface area contributed by atoms with E-state index in [0.717, 1.165) is 36.9 Å². The standard InChI is InChI=1S/C10H15N3OS/c1-2-3-9-12-8(11)4-10(13-9)15-7-5-14-6-7/h4,7H,2-3,5-6H2,1H3,(H2,11,12,13). The summed E-state index contributed by atoms with van der Waals surface area (Å²) in [6.45, 7) is 3.74. The van der Waals surface area contributed by atoms with E-state index in [0.29, 0.717) is 11.1 Å². The van der Waals surface area contributed by atoms with Gasteiger partial charge in [-0.1, -0.05) is 18.7 Å². The van der Waals surface area contributed by atoms with Gasteiger partial charge in [0.1, 0.15) is 16.7 Å². The summed E-state index contributed by atoms with van der Waals surface area (Å²) in [5.74, 6) is 1.41. The molecule has 1 aliphatic rings. The first-order chi connectivity index (χ1) is 7.28. The Morgan fingerprint density at radius 1 is 1.53 bits per heavy atom. The third-order valence-corrected chi connectivity index (χ3v) is 3.19. The summed E-state index contributed by atoms with van der Waals surface area (Å²) in [6.07, 6.45) is 1.93. The van der Waals surface area contributed by atoms with E-state index in [-0.39, 0.29) is 0 Å². The molecule has 1 aromatic heterocycles. The van der Waals surface area contributed by atoms with Gasteiger partial charge in [0.2, 0.25) is 0 Å². The third-order valence-electron chi connectivity index (χ3n) is 2.14. The fourth-order valence-corrected chi connectivity index (χ4v) is 2.36. The Bertz CT molecular complexity index is 341. The molecule has 4 nitrogen and oxygen atoms in total. The average Bonchev–Trinajstić information content (AvgIpc) is 2.11. The molecule has 0 aliphatic carbocycles. The molecule has 0 amide bonds. The summed E-state index contributed by atoms with van der Waals surface area (Å²) in [5, 5.41) is 1.51. The molecule has 2 N–H and O–H groups in total. The number of aryl methyl sites for hydroxylation is 1. The zero-order chi connectivity index (χ0) is 10.7. The van der Waals surface area contributed by atoms with Gasteiger partial charge in [-0.05, 0) is 6.42 Å². The molecule has 1 saturated heterocycles. The third kappa shape index (κ3) is 2.82. The van der Waals surface area contributed by atoms with Crippen molar-refractivity contribution in [1.29, 1.82) is 0 Å². The number of hydrogen-bond acceptors (Lipinski definition) is 5. The highest BCUT2D eigenvalue weighted by Gasteiger charge is 2.20. The fraction of sp³-hybridized carbons (Fsp3) is 0.600. The lowest BCUT2D eigenvalue weighted by Gasteiger charge is -2.24. The van der Waals surface area contributed by atoms with Crippen LogP contribution in [0.1, 0.15) is 19.2 Å². The van der Waals surface area contributed by atoms with Crippen molar-refractivity contribution < 1.29 is 4.74 Å². The minimum Gasteiger partial charge on any atom is -0.384 e. The molecule has 1 aliphatic heterocycles. The lowest BCUT2D eigenvalue weighted by Crippen LogP contribution is -2.30. The van der Waals surface area contributed by atoms with Crippen LogP contribution in [-0.4, -0.2) is 28.4 Å². The van der Waals surface area contributed by atoms with E-state index < -0.39 is 0 Å². The Balaban J connectivity index is 2.07. The first-order valence-corrected chi connectivity index (χ1v) is 6.03. The van der Waals surface area contributed by atoms with Crippen molar-refractivity contribution in [2.75, 3.05) is 18.9 Å². The molecule has 2 rings (SSSR count). The molecule has 0 unspecified atom stereocenters. The van der Waals surface area contributed by atoms with Crippen LogP contribution in [0.5, 0.6) is 0 Å². The van der Waals surface area contributed by atoms with Crippen molar-refractivity contribution in [3.8, 4) is 0 Å². The maximum Gasteiger partial charge on any atom is 0.132 e. The van der Waals surface area contributed by atoms with Crippen molar-refractivity contribution in [2.45, 2.75) is 30.0 Å². The van der Waals surface area contributed by atoms with E-state index in [9.17, 15) is 0 Å². The predicted octanol–water partition coefficient (Wildman–Crippen LogP) is 1.50. The summed E-state index contributed by atoms with van der Waals surface area (Å²) in [5.41, 5.74) is 5.73. The molecule has 82 valence electrons. The van der Waals surface area contributed by atoms with Gasteiger partial charge in [-0.2, -0.15) is 0 Å². The Morgan fingerprint density at radius 3 is 2.93 bits per heavy atom. The highest BCUT2D eigenvalue weighted by Crippen LogP contribution is 2.27. The minimum atomic E-state index is 0.536. The Morgan fingerprint density at radius 2 is 2.33 bits per heavy atom. The smallest absolute Gasteiger partial charge is 0.132 e. The highest BCUT2D eigenvalue weighted by atomic mass is 32.2. The predicted molar refractivity (Wildman–Crippen MR) is 60.9 cm³/mol. The topological polar surface area (TPSA) is 61.0 Å². The van der Waals surface area contributed by atoms with Crippen LogP contribution in [0.3, 0.4) is 0 Å². The lowest BCUT2D eigenvalue weighted by atomic mass is 10.3. The number of nitrogens with zero attached hydrogens (tertiary/aromatic N) is 2. The molecule has 1 aromatic rings. The maximum atomic E-state index is 5.73. The molecule has 5 heteroatoms.